The lowest BCUT2D eigenvalue weighted by molar-refractivity contribution is 0.0951. The first-order chi connectivity index (χ1) is 18.9. The van der Waals surface area contributed by atoms with Crippen molar-refractivity contribution in [3.05, 3.63) is 118 Å². The third-order valence-electron chi connectivity index (χ3n) is 6.76. The number of carbonyl (C=O) groups excluding carboxylic acids is 1. The molecule has 2 heterocycles. The molecule has 3 aromatic carbocycles. The van der Waals surface area contributed by atoms with E-state index >= 15 is 0 Å². The number of hydrogen-bond acceptors (Lipinski definition) is 5. The first kappa shape index (κ1) is 27.4. The minimum absolute atomic E-state index is 0.213. The molecule has 0 aliphatic carbocycles. The zero-order valence-corrected chi connectivity index (χ0v) is 23.7. The van der Waals surface area contributed by atoms with Crippen molar-refractivity contribution in [3.8, 4) is 0 Å². The van der Waals surface area contributed by atoms with Gasteiger partial charge in [-0.25, -0.2) is 8.42 Å². The summed E-state index contributed by atoms with van der Waals surface area (Å²) in [4.78, 5) is 13.1. The first-order valence-corrected chi connectivity index (χ1v) is 15.5. The molecule has 0 radical (unpaired) electrons. The number of thiophene rings is 1. The molecule has 9 heteroatoms. The monoisotopic (exact) mass is 579 g/mol. The molecule has 6 nitrogen and oxygen atoms in total. The smallest absolute Gasteiger partial charge is 0.252 e. The third kappa shape index (κ3) is 7.08. The highest BCUT2D eigenvalue weighted by Gasteiger charge is 2.30. The molecule has 4 aromatic rings. The average molecular weight is 580 g/mol. The van der Waals surface area contributed by atoms with E-state index in [1.807, 2.05) is 6.07 Å². The van der Waals surface area contributed by atoms with Crippen molar-refractivity contribution in [1.29, 1.82) is 0 Å². The lowest BCUT2D eigenvalue weighted by Gasteiger charge is -2.31. The second-order valence-electron chi connectivity index (χ2n) is 9.60. The van der Waals surface area contributed by atoms with Crippen molar-refractivity contribution in [3.63, 3.8) is 0 Å². The quantitative estimate of drug-likeness (QED) is 0.248. The van der Waals surface area contributed by atoms with E-state index in [0.29, 0.717) is 27.9 Å². The Hall–Kier alpha value is -3.17. The van der Waals surface area contributed by atoms with E-state index < -0.39 is 10.0 Å². The molecule has 2 N–H and O–H groups in total. The maximum atomic E-state index is 13.3. The fraction of sp³-hybridized carbons (Fsp3) is 0.233. The summed E-state index contributed by atoms with van der Waals surface area (Å²) in [5.41, 5.74) is 4.08. The summed E-state index contributed by atoms with van der Waals surface area (Å²) in [6.45, 7) is 1.19. The van der Waals surface area contributed by atoms with Gasteiger partial charge in [-0.3, -0.25) is 4.79 Å². The summed E-state index contributed by atoms with van der Waals surface area (Å²) in [6, 6.07) is 29.1. The van der Waals surface area contributed by atoms with Crippen LogP contribution in [-0.4, -0.2) is 37.8 Å². The summed E-state index contributed by atoms with van der Waals surface area (Å²) >= 11 is 7.08. The Kier molecular flexibility index (Phi) is 8.67. The molecule has 0 unspecified atom stereocenters. The number of nitrogens with zero attached hydrogens (tertiary/aromatic N) is 1. The van der Waals surface area contributed by atoms with E-state index in [2.05, 4.69) is 59.2 Å². The van der Waals surface area contributed by atoms with Gasteiger partial charge in [0.05, 0.1) is 6.54 Å². The molecule has 0 bridgehead atoms. The van der Waals surface area contributed by atoms with Gasteiger partial charge in [0.25, 0.3) is 15.9 Å². The van der Waals surface area contributed by atoms with Crippen LogP contribution >= 0.6 is 22.9 Å². The molecule has 202 valence electrons. The molecule has 5 rings (SSSR count). The highest BCUT2D eigenvalue weighted by Crippen LogP contribution is 2.28. The number of carbonyl (C=O) groups is 1. The number of sulfonamides is 1. The van der Waals surface area contributed by atoms with Crippen LogP contribution in [0, 0.1) is 0 Å². The number of amides is 1. The van der Waals surface area contributed by atoms with E-state index in [1.54, 1.807) is 40.7 Å². The standard InChI is InChI=1S/C30H30ClN3O3S2/c31-25-11-9-24(10-12-25)30(35)32-21-28-13-14-29(38-28)39(36,37)34-17-15-26(16-18-34)33-27-8-4-7-23(20-27)19-22-5-2-1-3-6-22/h1-14,20,26,33H,15-19,21H2,(H,32,35). The van der Waals surface area contributed by atoms with Gasteiger partial charge in [0.15, 0.2) is 0 Å². The lowest BCUT2D eigenvalue weighted by Crippen LogP contribution is -2.42. The van der Waals surface area contributed by atoms with Crippen molar-refractivity contribution in [2.45, 2.75) is 36.1 Å². The van der Waals surface area contributed by atoms with Gasteiger partial charge in [-0.2, -0.15) is 4.31 Å². The molecule has 39 heavy (non-hydrogen) atoms. The van der Waals surface area contributed by atoms with Crippen LogP contribution < -0.4 is 10.6 Å². The minimum Gasteiger partial charge on any atom is -0.382 e. The fourth-order valence-electron chi connectivity index (χ4n) is 4.67. The predicted octanol–water partition coefficient (Wildman–Crippen LogP) is 6.19. The number of anilines is 1. The van der Waals surface area contributed by atoms with E-state index in [1.165, 1.54) is 22.5 Å². The van der Waals surface area contributed by atoms with E-state index in [-0.39, 0.29) is 18.5 Å². The molecule has 1 amide bonds. The molecule has 1 saturated heterocycles. The molecule has 1 aliphatic rings. The van der Waals surface area contributed by atoms with Crippen LogP contribution in [0.15, 0.2) is 95.2 Å². The summed E-state index contributed by atoms with van der Waals surface area (Å²) in [5.74, 6) is -0.232. The molecule has 0 saturated carbocycles. The second-order valence-corrected chi connectivity index (χ2v) is 13.4. The zero-order chi connectivity index (χ0) is 27.2. The molecule has 1 fully saturated rings. The van der Waals surface area contributed by atoms with Gasteiger partial charge in [-0.05, 0) is 78.9 Å². The Morgan fingerprint density at radius 3 is 2.36 bits per heavy atom. The summed E-state index contributed by atoms with van der Waals surface area (Å²) in [6.07, 6.45) is 2.34. The summed E-state index contributed by atoms with van der Waals surface area (Å²) < 4.78 is 28.5. The maximum absolute atomic E-state index is 13.3. The van der Waals surface area contributed by atoms with Crippen LogP contribution in [0.25, 0.3) is 0 Å². The van der Waals surface area contributed by atoms with Crippen LogP contribution in [0.1, 0.15) is 39.2 Å². The summed E-state index contributed by atoms with van der Waals surface area (Å²) in [5, 5.41) is 7.00. The third-order valence-corrected chi connectivity index (χ3v) is 10.5. The van der Waals surface area contributed by atoms with Gasteiger partial charge in [0.1, 0.15) is 4.21 Å². The molecule has 1 aliphatic heterocycles. The Labute approximate surface area is 238 Å². The Morgan fingerprint density at radius 1 is 0.897 bits per heavy atom. The van der Waals surface area contributed by atoms with Crippen molar-refractivity contribution in [2.24, 2.45) is 0 Å². The predicted molar refractivity (Wildman–Crippen MR) is 158 cm³/mol. The van der Waals surface area contributed by atoms with Crippen LogP contribution in [0.2, 0.25) is 5.02 Å². The van der Waals surface area contributed by atoms with Crippen LogP contribution in [0.3, 0.4) is 0 Å². The highest BCUT2D eigenvalue weighted by molar-refractivity contribution is 7.91. The van der Waals surface area contributed by atoms with Gasteiger partial charge in [0, 0.05) is 40.3 Å². The van der Waals surface area contributed by atoms with Crippen LogP contribution in [0.5, 0.6) is 0 Å². The van der Waals surface area contributed by atoms with Crippen molar-refractivity contribution < 1.29 is 13.2 Å². The van der Waals surface area contributed by atoms with Crippen LogP contribution in [-0.2, 0) is 23.0 Å². The van der Waals surface area contributed by atoms with E-state index in [0.717, 1.165) is 29.8 Å². The molecule has 0 spiro atoms. The van der Waals surface area contributed by atoms with Crippen molar-refractivity contribution >= 4 is 44.6 Å². The van der Waals surface area contributed by atoms with Gasteiger partial charge in [-0.1, -0.05) is 54.1 Å². The normalized spacial score (nSPS) is 14.7. The number of hydrogen-bond donors (Lipinski definition) is 2. The summed E-state index contributed by atoms with van der Waals surface area (Å²) in [7, 11) is -3.58. The average Bonchev–Trinajstić information content (AvgIpc) is 3.43. The van der Waals surface area contributed by atoms with Crippen LogP contribution in [0.4, 0.5) is 5.69 Å². The fourth-order valence-corrected chi connectivity index (χ4v) is 7.71. The Balaban J connectivity index is 1.13. The molecular formula is C30H30ClN3O3S2. The van der Waals surface area contributed by atoms with Gasteiger partial charge >= 0.3 is 0 Å². The molecular weight excluding hydrogens is 550 g/mol. The van der Waals surface area contributed by atoms with Gasteiger partial charge < -0.3 is 10.6 Å². The number of nitrogens with one attached hydrogen (secondary N) is 2. The maximum Gasteiger partial charge on any atom is 0.252 e. The number of rotatable bonds is 9. The minimum atomic E-state index is -3.58. The van der Waals surface area contributed by atoms with Crippen molar-refractivity contribution in [1.82, 2.24) is 9.62 Å². The largest absolute Gasteiger partial charge is 0.382 e. The highest BCUT2D eigenvalue weighted by atomic mass is 35.5. The number of benzene rings is 3. The zero-order valence-electron chi connectivity index (χ0n) is 21.3. The van der Waals surface area contributed by atoms with E-state index in [9.17, 15) is 13.2 Å². The number of halogens is 1. The second kappa shape index (κ2) is 12.3. The number of piperidine rings is 1. The first-order valence-electron chi connectivity index (χ1n) is 12.9. The Morgan fingerprint density at radius 2 is 1.62 bits per heavy atom. The van der Waals surface area contributed by atoms with Gasteiger partial charge in [-0.15, -0.1) is 11.3 Å². The molecule has 0 atom stereocenters. The SMILES string of the molecule is O=C(NCc1ccc(S(=O)(=O)N2CCC(Nc3cccc(Cc4ccccc4)c3)CC2)s1)c1ccc(Cl)cc1. The van der Waals surface area contributed by atoms with Gasteiger partial charge in [0.2, 0.25) is 0 Å². The molecule has 1 aromatic heterocycles. The lowest BCUT2D eigenvalue weighted by atomic mass is 10.0. The topological polar surface area (TPSA) is 78.5 Å². The Bertz CT molecular complexity index is 1510. The van der Waals surface area contributed by atoms with Crippen molar-refractivity contribution in [2.75, 3.05) is 18.4 Å². The van der Waals surface area contributed by atoms with E-state index in [4.69, 9.17) is 11.6 Å².